The van der Waals surface area contributed by atoms with Crippen molar-refractivity contribution < 1.29 is 13.2 Å². The van der Waals surface area contributed by atoms with Gasteiger partial charge in [-0.3, -0.25) is 4.68 Å². The summed E-state index contributed by atoms with van der Waals surface area (Å²) < 4.78 is 40.1. The Morgan fingerprint density at radius 2 is 2.10 bits per heavy atom. The monoisotopic (exact) mass is 280 g/mol. The molecular formula is C13H11F3N4. The molecule has 0 bridgehead atoms. The number of nitrogens with zero attached hydrogens (tertiary/aromatic N) is 3. The number of benzene rings is 1. The lowest BCUT2D eigenvalue weighted by Gasteiger charge is -2.11. The van der Waals surface area contributed by atoms with Gasteiger partial charge in [-0.25, -0.2) is 0 Å². The molecule has 0 fully saturated rings. The number of alkyl halides is 3. The fourth-order valence-electron chi connectivity index (χ4n) is 1.72. The third-order valence-electron chi connectivity index (χ3n) is 2.69. The zero-order chi connectivity index (χ0) is 14.8. The molecule has 1 N–H and O–H groups in total. The van der Waals surface area contributed by atoms with Gasteiger partial charge in [0.15, 0.2) is 0 Å². The topological polar surface area (TPSA) is 53.6 Å². The van der Waals surface area contributed by atoms with Gasteiger partial charge in [-0.05, 0) is 25.1 Å². The smallest absolute Gasteiger partial charge is 0.353 e. The summed E-state index contributed by atoms with van der Waals surface area (Å²) in [4.78, 5) is 0. The van der Waals surface area contributed by atoms with Crippen LogP contribution in [0.5, 0.6) is 0 Å². The molecular weight excluding hydrogens is 269 g/mol. The van der Waals surface area contributed by atoms with Gasteiger partial charge in [0.25, 0.3) is 0 Å². The maximum Gasteiger partial charge on any atom is 0.417 e. The average Bonchev–Trinajstić information content (AvgIpc) is 2.85. The van der Waals surface area contributed by atoms with Crippen LogP contribution in [-0.4, -0.2) is 9.78 Å². The SMILES string of the molecule is CCn1cc(Nc2ccc(C#N)c(C(F)(F)F)c2)cn1. The minimum absolute atomic E-state index is 0.256. The first-order valence-corrected chi connectivity index (χ1v) is 5.85. The van der Waals surface area contributed by atoms with Gasteiger partial charge in [-0.15, -0.1) is 0 Å². The van der Waals surface area contributed by atoms with E-state index in [2.05, 4.69) is 10.4 Å². The molecule has 4 nitrogen and oxygen atoms in total. The molecule has 0 saturated heterocycles. The van der Waals surface area contributed by atoms with E-state index in [1.54, 1.807) is 16.9 Å². The minimum Gasteiger partial charge on any atom is -0.353 e. The van der Waals surface area contributed by atoms with Crippen LogP contribution in [0.4, 0.5) is 24.5 Å². The molecule has 2 rings (SSSR count). The number of anilines is 2. The molecule has 0 aliphatic rings. The summed E-state index contributed by atoms with van der Waals surface area (Å²) in [6.07, 6.45) is -1.35. The van der Waals surface area contributed by atoms with Gasteiger partial charge in [0.1, 0.15) is 0 Å². The highest BCUT2D eigenvalue weighted by atomic mass is 19.4. The van der Waals surface area contributed by atoms with Crippen LogP contribution < -0.4 is 5.32 Å². The summed E-state index contributed by atoms with van der Waals surface area (Å²) in [7, 11) is 0. The highest BCUT2D eigenvalue weighted by Crippen LogP contribution is 2.34. The lowest BCUT2D eigenvalue weighted by atomic mass is 10.1. The predicted octanol–water partition coefficient (Wildman–Crippen LogP) is 3.54. The molecule has 0 unspecified atom stereocenters. The molecule has 0 aliphatic heterocycles. The van der Waals surface area contributed by atoms with Crippen molar-refractivity contribution in [1.29, 1.82) is 5.26 Å². The van der Waals surface area contributed by atoms with E-state index in [0.717, 1.165) is 12.1 Å². The number of aryl methyl sites for hydroxylation is 1. The van der Waals surface area contributed by atoms with E-state index in [4.69, 9.17) is 5.26 Å². The van der Waals surface area contributed by atoms with E-state index in [-0.39, 0.29) is 5.69 Å². The Balaban J connectivity index is 2.32. The minimum atomic E-state index is -4.56. The Morgan fingerprint density at radius 3 is 2.65 bits per heavy atom. The van der Waals surface area contributed by atoms with Crippen LogP contribution in [0.1, 0.15) is 18.1 Å². The first kappa shape index (κ1) is 13.9. The Hall–Kier alpha value is -2.49. The van der Waals surface area contributed by atoms with Gasteiger partial charge in [0.05, 0.1) is 29.1 Å². The van der Waals surface area contributed by atoms with Gasteiger partial charge >= 0.3 is 6.18 Å². The molecule has 20 heavy (non-hydrogen) atoms. The van der Waals surface area contributed by atoms with Gasteiger partial charge in [0.2, 0.25) is 0 Å². The molecule has 2 aromatic rings. The fourth-order valence-corrected chi connectivity index (χ4v) is 1.72. The molecule has 0 amide bonds. The highest BCUT2D eigenvalue weighted by molar-refractivity contribution is 5.61. The normalized spacial score (nSPS) is 11.2. The predicted molar refractivity (Wildman–Crippen MR) is 67.3 cm³/mol. The Bertz CT molecular complexity index is 652. The van der Waals surface area contributed by atoms with Gasteiger partial charge in [-0.2, -0.15) is 23.5 Å². The van der Waals surface area contributed by atoms with E-state index in [1.807, 2.05) is 6.92 Å². The van der Waals surface area contributed by atoms with Crippen LogP contribution in [0, 0.1) is 11.3 Å². The van der Waals surface area contributed by atoms with E-state index >= 15 is 0 Å². The van der Waals surface area contributed by atoms with Gasteiger partial charge < -0.3 is 5.32 Å². The molecule has 1 aromatic heterocycles. The maximum atomic E-state index is 12.8. The number of aromatic nitrogens is 2. The largest absolute Gasteiger partial charge is 0.417 e. The van der Waals surface area contributed by atoms with Crippen LogP contribution in [0.2, 0.25) is 0 Å². The van der Waals surface area contributed by atoms with Crippen molar-refractivity contribution >= 4 is 11.4 Å². The third-order valence-corrected chi connectivity index (χ3v) is 2.69. The zero-order valence-corrected chi connectivity index (χ0v) is 10.6. The quantitative estimate of drug-likeness (QED) is 0.935. The van der Waals surface area contributed by atoms with Crippen LogP contribution in [0.3, 0.4) is 0 Å². The summed E-state index contributed by atoms with van der Waals surface area (Å²) in [6.45, 7) is 2.57. The van der Waals surface area contributed by atoms with Crippen molar-refractivity contribution in [2.24, 2.45) is 0 Å². The van der Waals surface area contributed by atoms with E-state index < -0.39 is 17.3 Å². The average molecular weight is 280 g/mol. The Labute approximate surface area is 113 Å². The second-order valence-corrected chi connectivity index (χ2v) is 4.08. The van der Waals surface area contributed by atoms with Gasteiger partial charge in [-0.1, -0.05) is 0 Å². The number of hydrogen-bond acceptors (Lipinski definition) is 3. The van der Waals surface area contributed by atoms with Crippen molar-refractivity contribution in [2.75, 3.05) is 5.32 Å². The fraction of sp³-hybridized carbons (Fsp3) is 0.231. The molecule has 0 saturated carbocycles. The Morgan fingerprint density at radius 1 is 1.35 bits per heavy atom. The second-order valence-electron chi connectivity index (χ2n) is 4.08. The van der Waals surface area contributed by atoms with Crippen molar-refractivity contribution in [3.63, 3.8) is 0 Å². The summed E-state index contributed by atoms with van der Waals surface area (Å²) in [6, 6.07) is 5.04. The number of nitriles is 1. The van der Waals surface area contributed by atoms with E-state index in [9.17, 15) is 13.2 Å². The number of halogens is 3. The molecule has 0 aliphatic carbocycles. The van der Waals surface area contributed by atoms with Crippen LogP contribution in [-0.2, 0) is 12.7 Å². The van der Waals surface area contributed by atoms with Crippen molar-refractivity contribution in [3.8, 4) is 6.07 Å². The number of nitrogens with one attached hydrogen (secondary N) is 1. The number of hydrogen-bond donors (Lipinski definition) is 1. The number of rotatable bonds is 3. The van der Waals surface area contributed by atoms with E-state index in [1.165, 1.54) is 12.3 Å². The van der Waals surface area contributed by atoms with Gasteiger partial charge in [0, 0.05) is 18.4 Å². The molecule has 1 heterocycles. The van der Waals surface area contributed by atoms with Crippen LogP contribution in [0.15, 0.2) is 30.6 Å². The lowest BCUT2D eigenvalue weighted by molar-refractivity contribution is -0.137. The van der Waals surface area contributed by atoms with Crippen molar-refractivity contribution in [2.45, 2.75) is 19.6 Å². The van der Waals surface area contributed by atoms with Crippen molar-refractivity contribution in [3.05, 3.63) is 41.7 Å². The Kier molecular flexibility index (Phi) is 3.66. The summed E-state index contributed by atoms with van der Waals surface area (Å²) in [5.41, 5.74) is -0.503. The maximum absolute atomic E-state index is 12.8. The summed E-state index contributed by atoms with van der Waals surface area (Å²) in [5, 5.41) is 15.6. The van der Waals surface area contributed by atoms with Crippen LogP contribution in [0.25, 0.3) is 0 Å². The van der Waals surface area contributed by atoms with Crippen molar-refractivity contribution in [1.82, 2.24) is 9.78 Å². The summed E-state index contributed by atoms with van der Waals surface area (Å²) >= 11 is 0. The standard InChI is InChI=1S/C13H11F3N4/c1-2-20-8-11(7-18-20)19-10-4-3-9(6-17)12(5-10)13(14,15)16/h3-5,7-8,19H,2H2,1H3. The lowest BCUT2D eigenvalue weighted by Crippen LogP contribution is -2.08. The third kappa shape index (κ3) is 2.91. The highest BCUT2D eigenvalue weighted by Gasteiger charge is 2.33. The molecule has 0 radical (unpaired) electrons. The second kappa shape index (κ2) is 5.25. The van der Waals surface area contributed by atoms with Crippen LogP contribution >= 0.6 is 0 Å². The molecule has 0 atom stereocenters. The molecule has 1 aromatic carbocycles. The van der Waals surface area contributed by atoms with E-state index in [0.29, 0.717) is 12.2 Å². The summed E-state index contributed by atoms with van der Waals surface area (Å²) in [5.74, 6) is 0. The molecule has 0 spiro atoms. The zero-order valence-electron chi connectivity index (χ0n) is 10.6. The molecule has 7 heteroatoms. The molecule has 104 valence electrons. The first-order chi connectivity index (χ1) is 9.44. The first-order valence-electron chi connectivity index (χ1n) is 5.85.